The molecule has 3 heteroatoms. The van der Waals surface area contributed by atoms with E-state index in [1.165, 1.54) is 16.7 Å². The molecule has 0 saturated carbocycles. The van der Waals surface area contributed by atoms with Crippen LogP contribution in [0.2, 0.25) is 0 Å². The summed E-state index contributed by atoms with van der Waals surface area (Å²) < 4.78 is 1.11. The smallest absolute Gasteiger partial charge is 0.0470 e. The molecule has 2 rings (SSSR count). The highest BCUT2D eigenvalue weighted by molar-refractivity contribution is 9.10. The molecule has 1 atom stereocenters. The van der Waals surface area contributed by atoms with E-state index in [1.807, 2.05) is 6.07 Å². The number of nitrogens with two attached hydrogens (primary N) is 1. The van der Waals surface area contributed by atoms with Crippen molar-refractivity contribution in [3.05, 3.63) is 69.7 Å². The van der Waals surface area contributed by atoms with Crippen LogP contribution in [-0.4, -0.2) is 18.5 Å². The molecule has 2 aromatic rings. The molecule has 0 saturated heterocycles. The molecule has 0 heterocycles. The number of rotatable bonds is 5. The number of likely N-dealkylation sites (N-methyl/N-ethyl adjacent to an activating group) is 1. The van der Waals surface area contributed by atoms with E-state index in [2.05, 4.69) is 77.3 Å². The lowest BCUT2D eigenvalue weighted by Crippen LogP contribution is -2.30. The maximum Gasteiger partial charge on any atom is 0.0470 e. The molecule has 0 radical (unpaired) electrons. The van der Waals surface area contributed by atoms with E-state index < -0.39 is 0 Å². The van der Waals surface area contributed by atoms with Gasteiger partial charge in [-0.25, -0.2) is 0 Å². The van der Waals surface area contributed by atoms with Crippen molar-refractivity contribution in [3.8, 4) is 0 Å². The zero-order valence-electron chi connectivity index (χ0n) is 12.0. The fraction of sp³-hybridized carbons (Fsp3) is 0.294. The summed E-state index contributed by atoms with van der Waals surface area (Å²) in [6.07, 6.45) is 0. The lowest BCUT2D eigenvalue weighted by molar-refractivity contribution is 0.242. The Bertz CT molecular complexity index is 551. The summed E-state index contributed by atoms with van der Waals surface area (Å²) in [6, 6.07) is 17.3. The highest BCUT2D eigenvalue weighted by Crippen LogP contribution is 2.21. The van der Waals surface area contributed by atoms with E-state index in [-0.39, 0.29) is 6.04 Å². The van der Waals surface area contributed by atoms with E-state index >= 15 is 0 Å². The Labute approximate surface area is 129 Å². The van der Waals surface area contributed by atoms with Gasteiger partial charge >= 0.3 is 0 Å². The lowest BCUT2D eigenvalue weighted by Gasteiger charge is -2.27. The van der Waals surface area contributed by atoms with Gasteiger partial charge in [-0.1, -0.05) is 57.9 Å². The van der Waals surface area contributed by atoms with Gasteiger partial charge in [0.1, 0.15) is 0 Å². The molecule has 0 aromatic heterocycles. The van der Waals surface area contributed by atoms with E-state index in [1.54, 1.807) is 0 Å². The molecule has 2 N–H and O–H groups in total. The van der Waals surface area contributed by atoms with Crippen molar-refractivity contribution in [2.24, 2.45) is 5.73 Å². The van der Waals surface area contributed by atoms with Crippen LogP contribution in [0.1, 0.15) is 22.7 Å². The Morgan fingerprint density at radius 3 is 2.45 bits per heavy atom. The van der Waals surface area contributed by atoms with Gasteiger partial charge in [0.05, 0.1) is 0 Å². The largest absolute Gasteiger partial charge is 0.329 e. The fourth-order valence-electron chi connectivity index (χ4n) is 2.39. The number of hydrogen-bond donors (Lipinski definition) is 1. The van der Waals surface area contributed by atoms with Crippen LogP contribution >= 0.6 is 15.9 Å². The predicted octanol–water partition coefficient (Wildman–Crippen LogP) is 3.89. The molecule has 2 aromatic carbocycles. The summed E-state index contributed by atoms with van der Waals surface area (Å²) in [6.45, 7) is 3.61. The van der Waals surface area contributed by atoms with E-state index in [9.17, 15) is 0 Å². The van der Waals surface area contributed by atoms with Gasteiger partial charge in [0.2, 0.25) is 0 Å². The standard InChI is InChI=1S/C17H21BrN2/c1-13-6-8-15(9-7-13)17(11-19)20(2)12-14-4-3-5-16(18)10-14/h3-10,17H,11-12,19H2,1-2H3. The molecule has 1 unspecified atom stereocenters. The van der Waals surface area contributed by atoms with Gasteiger partial charge in [-0.3, -0.25) is 4.90 Å². The van der Waals surface area contributed by atoms with Crippen LogP contribution in [0, 0.1) is 6.92 Å². The summed E-state index contributed by atoms with van der Waals surface area (Å²) in [7, 11) is 2.12. The Morgan fingerprint density at radius 1 is 1.15 bits per heavy atom. The van der Waals surface area contributed by atoms with Crippen LogP contribution in [0.4, 0.5) is 0 Å². The quantitative estimate of drug-likeness (QED) is 0.899. The molecule has 0 aliphatic heterocycles. The molecule has 106 valence electrons. The first-order valence-electron chi connectivity index (χ1n) is 6.81. The maximum absolute atomic E-state index is 5.98. The number of benzene rings is 2. The zero-order chi connectivity index (χ0) is 14.5. The highest BCUT2D eigenvalue weighted by Gasteiger charge is 2.15. The molecular weight excluding hydrogens is 312 g/mol. The van der Waals surface area contributed by atoms with Gasteiger partial charge in [-0.05, 0) is 37.2 Å². The summed E-state index contributed by atoms with van der Waals surface area (Å²) in [4.78, 5) is 2.30. The van der Waals surface area contributed by atoms with Crippen molar-refractivity contribution < 1.29 is 0 Å². The van der Waals surface area contributed by atoms with Gasteiger partial charge in [0.25, 0.3) is 0 Å². The number of hydrogen-bond acceptors (Lipinski definition) is 2. The van der Waals surface area contributed by atoms with Crippen molar-refractivity contribution in [2.45, 2.75) is 19.5 Å². The predicted molar refractivity (Wildman–Crippen MR) is 88.6 cm³/mol. The first-order chi connectivity index (χ1) is 9.60. The molecule has 20 heavy (non-hydrogen) atoms. The van der Waals surface area contributed by atoms with Crippen LogP contribution in [0.5, 0.6) is 0 Å². The molecule has 0 aliphatic rings. The molecular formula is C17H21BrN2. The van der Waals surface area contributed by atoms with E-state index in [0.717, 1.165) is 11.0 Å². The molecule has 0 aliphatic carbocycles. The van der Waals surface area contributed by atoms with Crippen LogP contribution < -0.4 is 5.73 Å². The van der Waals surface area contributed by atoms with Crippen molar-refractivity contribution in [1.29, 1.82) is 0 Å². The van der Waals surface area contributed by atoms with E-state index in [4.69, 9.17) is 5.73 Å². The van der Waals surface area contributed by atoms with Gasteiger partial charge in [-0.2, -0.15) is 0 Å². The monoisotopic (exact) mass is 332 g/mol. The molecule has 0 fully saturated rings. The van der Waals surface area contributed by atoms with E-state index in [0.29, 0.717) is 6.54 Å². The Kier molecular flexibility index (Phi) is 5.35. The molecule has 0 bridgehead atoms. The third-order valence-corrected chi connectivity index (χ3v) is 4.03. The second kappa shape index (κ2) is 7.02. The van der Waals surface area contributed by atoms with Gasteiger partial charge < -0.3 is 5.73 Å². The summed E-state index contributed by atoms with van der Waals surface area (Å²) in [5.74, 6) is 0. The number of nitrogens with zero attached hydrogens (tertiary/aromatic N) is 1. The lowest BCUT2D eigenvalue weighted by atomic mass is 10.0. The minimum Gasteiger partial charge on any atom is -0.329 e. The second-order valence-electron chi connectivity index (χ2n) is 5.21. The Morgan fingerprint density at radius 2 is 1.85 bits per heavy atom. The minimum absolute atomic E-state index is 0.245. The van der Waals surface area contributed by atoms with Crippen molar-refractivity contribution in [1.82, 2.24) is 4.90 Å². The first kappa shape index (κ1) is 15.2. The molecule has 0 amide bonds. The third kappa shape index (κ3) is 3.92. The molecule has 0 spiro atoms. The van der Waals surface area contributed by atoms with Crippen LogP contribution in [-0.2, 0) is 6.54 Å². The summed E-state index contributed by atoms with van der Waals surface area (Å²) in [5.41, 5.74) is 9.81. The first-order valence-corrected chi connectivity index (χ1v) is 7.61. The minimum atomic E-state index is 0.245. The van der Waals surface area contributed by atoms with Gasteiger partial charge in [0, 0.05) is 23.6 Å². The number of halogens is 1. The van der Waals surface area contributed by atoms with Crippen LogP contribution in [0.3, 0.4) is 0 Å². The normalized spacial score (nSPS) is 12.7. The van der Waals surface area contributed by atoms with Crippen molar-refractivity contribution in [2.75, 3.05) is 13.6 Å². The maximum atomic E-state index is 5.98. The van der Waals surface area contributed by atoms with Crippen LogP contribution in [0.25, 0.3) is 0 Å². The third-order valence-electron chi connectivity index (χ3n) is 3.54. The highest BCUT2D eigenvalue weighted by atomic mass is 79.9. The zero-order valence-corrected chi connectivity index (χ0v) is 13.6. The van der Waals surface area contributed by atoms with Gasteiger partial charge in [0.15, 0.2) is 0 Å². The van der Waals surface area contributed by atoms with Crippen LogP contribution in [0.15, 0.2) is 53.0 Å². The Balaban J connectivity index is 2.13. The average molecular weight is 333 g/mol. The molecule has 2 nitrogen and oxygen atoms in total. The topological polar surface area (TPSA) is 29.3 Å². The number of aryl methyl sites for hydroxylation is 1. The SMILES string of the molecule is Cc1ccc(C(CN)N(C)Cc2cccc(Br)c2)cc1. The second-order valence-corrected chi connectivity index (χ2v) is 6.12. The summed E-state index contributed by atoms with van der Waals surface area (Å²) >= 11 is 3.52. The van der Waals surface area contributed by atoms with Crippen molar-refractivity contribution >= 4 is 15.9 Å². The average Bonchev–Trinajstić information content (AvgIpc) is 2.42. The summed E-state index contributed by atoms with van der Waals surface area (Å²) in [5, 5.41) is 0. The van der Waals surface area contributed by atoms with Crippen molar-refractivity contribution in [3.63, 3.8) is 0 Å². The fourth-order valence-corrected chi connectivity index (χ4v) is 2.84. The Hall–Kier alpha value is -1.16. The van der Waals surface area contributed by atoms with Gasteiger partial charge in [-0.15, -0.1) is 0 Å².